The van der Waals surface area contributed by atoms with Gasteiger partial charge in [0.05, 0.1) is 0 Å². The van der Waals surface area contributed by atoms with Crippen molar-refractivity contribution >= 4 is 5.82 Å². The SMILES string of the molecule is CCC1CN(c2cc(CNC(C)C)ccn2)CCN1C. The molecule has 1 aromatic rings. The lowest BCUT2D eigenvalue weighted by Gasteiger charge is -2.39. The summed E-state index contributed by atoms with van der Waals surface area (Å²) in [7, 11) is 2.22. The van der Waals surface area contributed by atoms with Gasteiger partial charge >= 0.3 is 0 Å². The first-order valence-corrected chi connectivity index (χ1v) is 7.73. The molecule has 112 valence electrons. The minimum absolute atomic E-state index is 0.514. The molecule has 0 spiro atoms. The molecule has 2 heterocycles. The molecule has 1 aliphatic heterocycles. The van der Waals surface area contributed by atoms with Crippen molar-refractivity contribution in [3.8, 4) is 0 Å². The third kappa shape index (κ3) is 3.93. The Balaban J connectivity index is 2.03. The van der Waals surface area contributed by atoms with Gasteiger partial charge in [0.1, 0.15) is 5.82 Å². The summed E-state index contributed by atoms with van der Waals surface area (Å²) in [4.78, 5) is 9.45. The molecule has 20 heavy (non-hydrogen) atoms. The number of rotatable bonds is 5. The predicted octanol–water partition coefficient (Wildman–Crippen LogP) is 2.11. The Morgan fingerprint density at radius 3 is 2.90 bits per heavy atom. The first kappa shape index (κ1) is 15.3. The molecule has 4 heteroatoms. The number of piperazine rings is 1. The first-order chi connectivity index (χ1) is 9.60. The Labute approximate surface area is 123 Å². The summed E-state index contributed by atoms with van der Waals surface area (Å²) in [6.45, 7) is 10.8. The van der Waals surface area contributed by atoms with Crippen LogP contribution in [0.4, 0.5) is 5.82 Å². The molecule has 1 N–H and O–H groups in total. The monoisotopic (exact) mass is 276 g/mol. The van der Waals surface area contributed by atoms with E-state index in [-0.39, 0.29) is 0 Å². The van der Waals surface area contributed by atoms with Gasteiger partial charge in [-0.2, -0.15) is 0 Å². The van der Waals surface area contributed by atoms with Crippen LogP contribution < -0.4 is 10.2 Å². The first-order valence-electron chi connectivity index (χ1n) is 7.73. The van der Waals surface area contributed by atoms with Crippen molar-refractivity contribution in [3.63, 3.8) is 0 Å². The fraction of sp³-hybridized carbons (Fsp3) is 0.688. The summed E-state index contributed by atoms with van der Waals surface area (Å²) in [5, 5.41) is 3.46. The summed E-state index contributed by atoms with van der Waals surface area (Å²) in [6.07, 6.45) is 3.13. The number of likely N-dealkylation sites (N-methyl/N-ethyl adjacent to an activating group) is 1. The van der Waals surface area contributed by atoms with Crippen molar-refractivity contribution in [1.29, 1.82) is 0 Å². The average molecular weight is 276 g/mol. The maximum atomic E-state index is 4.56. The maximum Gasteiger partial charge on any atom is 0.128 e. The summed E-state index contributed by atoms with van der Waals surface area (Å²) >= 11 is 0. The van der Waals surface area contributed by atoms with E-state index in [2.05, 4.69) is 60.1 Å². The van der Waals surface area contributed by atoms with Crippen LogP contribution in [0, 0.1) is 0 Å². The van der Waals surface area contributed by atoms with Crippen LogP contribution in [0.2, 0.25) is 0 Å². The number of anilines is 1. The smallest absolute Gasteiger partial charge is 0.128 e. The molecule has 0 aromatic carbocycles. The van der Waals surface area contributed by atoms with E-state index in [1.54, 1.807) is 0 Å². The van der Waals surface area contributed by atoms with E-state index < -0.39 is 0 Å². The molecule has 1 fully saturated rings. The fourth-order valence-electron chi connectivity index (χ4n) is 2.66. The molecule has 1 saturated heterocycles. The Kier molecular flexibility index (Phi) is 5.38. The highest BCUT2D eigenvalue weighted by Crippen LogP contribution is 2.18. The summed E-state index contributed by atoms with van der Waals surface area (Å²) < 4.78 is 0. The summed E-state index contributed by atoms with van der Waals surface area (Å²) in [5.41, 5.74) is 1.32. The summed E-state index contributed by atoms with van der Waals surface area (Å²) in [6, 6.07) is 5.49. The number of aromatic nitrogens is 1. The molecule has 0 aliphatic carbocycles. The van der Waals surface area contributed by atoms with Crippen molar-refractivity contribution in [3.05, 3.63) is 23.9 Å². The number of nitrogens with zero attached hydrogens (tertiary/aromatic N) is 3. The van der Waals surface area contributed by atoms with E-state index in [0.717, 1.165) is 32.0 Å². The molecular formula is C16H28N4. The van der Waals surface area contributed by atoms with E-state index in [4.69, 9.17) is 0 Å². The van der Waals surface area contributed by atoms with Gasteiger partial charge in [0, 0.05) is 44.5 Å². The van der Waals surface area contributed by atoms with Gasteiger partial charge in [-0.3, -0.25) is 4.90 Å². The van der Waals surface area contributed by atoms with Crippen molar-refractivity contribution < 1.29 is 0 Å². The number of pyridine rings is 1. The van der Waals surface area contributed by atoms with Crippen molar-refractivity contribution in [2.75, 3.05) is 31.6 Å². The predicted molar refractivity (Wildman–Crippen MR) is 85.1 cm³/mol. The van der Waals surface area contributed by atoms with Crippen LogP contribution in [0.1, 0.15) is 32.8 Å². The maximum absolute atomic E-state index is 4.56. The molecular weight excluding hydrogens is 248 g/mol. The minimum Gasteiger partial charge on any atom is -0.354 e. The van der Waals surface area contributed by atoms with Gasteiger partial charge in [0.25, 0.3) is 0 Å². The third-order valence-electron chi connectivity index (χ3n) is 4.10. The highest BCUT2D eigenvalue weighted by atomic mass is 15.3. The van der Waals surface area contributed by atoms with Crippen LogP contribution >= 0.6 is 0 Å². The zero-order chi connectivity index (χ0) is 14.5. The Morgan fingerprint density at radius 2 is 2.20 bits per heavy atom. The van der Waals surface area contributed by atoms with Crippen LogP contribution in [0.5, 0.6) is 0 Å². The lowest BCUT2D eigenvalue weighted by Crippen LogP contribution is -2.51. The van der Waals surface area contributed by atoms with Gasteiger partial charge < -0.3 is 10.2 Å². The zero-order valence-electron chi connectivity index (χ0n) is 13.3. The van der Waals surface area contributed by atoms with Crippen LogP contribution in [0.3, 0.4) is 0 Å². The molecule has 1 aliphatic rings. The van der Waals surface area contributed by atoms with Gasteiger partial charge in [-0.05, 0) is 31.2 Å². The van der Waals surface area contributed by atoms with Gasteiger partial charge in [0.2, 0.25) is 0 Å². The third-order valence-corrected chi connectivity index (χ3v) is 4.10. The number of hydrogen-bond donors (Lipinski definition) is 1. The molecule has 1 atom stereocenters. The van der Waals surface area contributed by atoms with Crippen LogP contribution in [-0.4, -0.2) is 48.6 Å². The van der Waals surface area contributed by atoms with Crippen molar-refractivity contribution in [2.45, 2.75) is 45.8 Å². The van der Waals surface area contributed by atoms with Crippen LogP contribution in [-0.2, 0) is 6.54 Å². The fourth-order valence-corrected chi connectivity index (χ4v) is 2.66. The molecule has 2 rings (SSSR count). The average Bonchev–Trinajstić information content (AvgIpc) is 2.46. The molecule has 0 amide bonds. The Hall–Kier alpha value is -1.13. The number of hydrogen-bond acceptors (Lipinski definition) is 4. The van der Waals surface area contributed by atoms with Crippen molar-refractivity contribution in [1.82, 2.24) is 15.2 Å². The minimum atomic E-state index is 0.514. The van der Waals surface area contributed by atoms with Crippen molar-refractivity contribution in [2.24, 2.45) is 0 Å². The molecule has 0 radical (unpaired) electrons. The normalized spacial score (nSPS) is 20.6. The van der Waals surface area contributed by atoms with E-state index >= 15 is 0 Å². The van der Waals surface area contributed by atoms with E-state index in [0.29, 0.717) is 12.1 Å². The number of nitrogens with one attached hydrogen (secondary N) is 1. The molecule has 0 saturated carbocycles. The van der Waals surface area contributed by atoms with E-state index in [9.17, 15) is 0 Å². The van der Waals surface area contributed by atoms with Gasteiger partial charge in [0.15, 0.2) is 0 Å². The van der Waals surface area contributed by atoms with Crippen LogP contribution in [0.15, 0.2) is 18.3 Å². The lowest BCUT2D eigenvalue weighted by molar-refractivity contribution is 0.213. The second kappa shape index (κ2) is 7.04. The quantitative estimate of drug-likeness (QED) is 0.892. The highest BCUT2D eigenvalue weighted by Gasteiger charge is 2.23. The Bertz CT molecular complexity index is 419. The van der Waals surface area contributed by atoms with E-state index in [1.807, 2.05) is 6.20 Å². The Morgan fingerprint density at radius 1 is 1.40 bits per heavy atom. The summed E-state index contributed by atoms with van der Waals surface area (Å²) in [5.74, 6) is 1.12. The zero-order valence-corrected chi connectivity index (χ0v) is 13.3. The second-order valence-corrected chi connectivity index (χ2v) is 6.05. The second-order valence-electron chi connectivity index (χ2n) is 6.05. The molecule has 1 unspecified atom stereocenters. The van der Waals surface area contributed by atoms with Gasteiger partial charge in [-0.1, -0.05) is 20.8 Å². The largest absolute Gasteiger partial charge is 0.354 e. The standard InChI is InChI=1S/C16H28N4/c1-5-15-12-20(9-8-19(15)4)16-10-14(6-7-17-16)11-18-13(2)3/h6-7,10,13,15,18H,5,8-9,11-12H2,1-4H3. The molecule has 0 bridgehead atoms. The van der Waals surface area contributed by atoms with E-state index in [1.165, 1.54) is 12.0 Å². The molecule has 1 aromatic heterocycles. The highest BCUT2D eigenvalue weighted by molar-refractivity contribution is 5.41. The van der Waals surface area contributed by atoms with Gasteiger partial charge in [-0.15, -0.1) is 0 Å². The van der Waals surface area contributed by atoms with Crippen LogP contribution in [0.25, 0.3) is 0 Å². The molecule has 4 nitrogen and oxygen atoms in total. The lowest BCUT2D eigenvalue weighted by atomic mass is 10.1. The topological polar surface area (TPSA) is 31.4 Å². The van der Waals surface area contributed by atoms with Gasteiger partial charge in [-0.25, -0.2) is 4.98 Å².